The van der Waals surface area contributed by atoms with E-state index in [1.165, 1.54) is 51.4 Å². The van der Waals surface area contributed by atoms with Crippen molar-refractivity contribution in [2.24, 2.45) is 0 Å². The molecule has 0 saturated carbocycles. The van der Waals surface area contributed by atoms with E-state index in [-0.39, 0.29) is 0 Å². The highest BCUT2D eigenvalue weighted by Gasteiger charge is 2.01. The summed E-state index contributed by atoms with van der Waals surface area (Å²) in [5.41, 5.74) is 2.10. The molecular formula is C18H29NO2. The van der Waals surface area contributed by atoms with Crippen LogP contribution in [-0.4, -0.2) is 13.0 Å². The third kappa shape index (κ3) is 8.38. The fraction of sp³-hybridized carbons (Fsp3) is 0.611. The molecule has 0 radical (unpaired) electrons. The van der Waals surface area contributed by atoms with E-state index in [1.54, 1.807) is 0 Å². The maximum Gasteiger partial charge on any atom is 0.293 e. The number of nitrogens with one attached hydrogen (secondary N) is 1. The largest absolute Gasteiger partial charge is 0.463 e. The van der Waals surface area contributed by atoms with E-state index in [0.29, 0.717) is 13.1 Å². The van der Waals surface area contributed by atoms with Crippen LogP contribution in [0, 0.1) is 0 Å². The van der Waals surface area contributed by atoms with Crippen LogP contribution in [0.3, 0.4) is 0 Å². The van der Waals surface area contributed by atoms with Gasteiger partial charge in [0.15, 0.2) is 0 Å². The summed E-state index contributed by atoms with van der Waals surface area (Å²) in [7, 11) is 0. The van der Waals surface area contributed by atoms with Crippen molar-refractivity contribution in [3.63, 3.8) is 0 Å². The number of para-hydroxylation sites is 1. The van der Waals surface area contributed by atoms with E-state index in [9.17, 15) is 4.79 Å². The minimum Gasteiger partial charge on any atom is -0.463 e. The third-order valence-corrected chi connectivity index (χ3v) is 3.67. The van der Waals surface area contributed by atoms with Crippen molar-refractivity contribution >= 4 is 12.2 Å². The lowest BCUT2D eigenvalue weighted by Crippen LogP contribution is -2.05. The topological polar surface area (TPSA) is 38.3 Å². The predicted molar refractivity (Wildman–Crippen MR) is 88.4 cm³/mol. The van der Waals surface area contributed by atoms with Crippen molar-refractivity contribution in [3.8, 4) is 0 Å². The highest BCUT2D eigenvalue weighted by atomic mass is 16.5. The molecule has 1 aromatic carbocycles. The SMILES string of the molecule is CCCCCCCCCCNc1ccccc1COC=O. The number of unbranched alkanes of at least 4 members (excludes halogenated alkanes) is 7. The third-order valence-electron chi connectivity index (χ3n) is 3.67. The molecule has 21 heavy (non-hydrogen) atoms. The van der Waals surface area contributed by atoms with Gasteiger partial charge in [-0.25, -0.2) is 0 Å². The molecule has 0 unspecified atom stereocenters. The lowest BCUT2D eigenvalue weighted by atomic mass is 10.1. The van der Waals surface area contributed by atoms with Gasteiger partial charge >= 0.3 is 0 Å². The molecule has 0 amide bonds. The highest BCUT2D eigenvalue weighted by molar-refractivity contribution is 5.51. The number of carbonyl (C=O) groups is 1. The second kappa shape index (κ2) is 12.2. The van der Waals surface area contributed by atoms with Gasteiger partial charge in [0.1, 0.15) is 6.61 Å². The van der Waals surface area contributed by atoms with E-state index < -0.39 is 0 Å². The van der Waals surface area contributed by atoms with Crippen LogP contribution >= 0.6 is 0 Å². The van der Waals surface area contributed by atoms with E-state index in [0.717, 1.165) is 17.8 Å². The standard InChI is InChI=1S/C18H29NO2/c1-2-3-4-5-6-7-8-11-14-19-18-13-10-9-12-17(18)15-21-16-20/h9-10,12-13,16,19H,2-8,11,14-15H2,1H3. The van der Waals surface area contributed by atoms with Crippen molar-refractivity contribution in [2.75, 3.05) is 11.9 Å². The summed E-state index contributed by atoms with van der Waals surface area (Å²) in [4.78, 5) is 10.3. The van der Waals surface area contributed by atoms with Crippen molar-refractivity contribution in [1.29, 1.82) is 0 Å². The first kappa shape index (κ1) is 17.5. The Bertz CT molecular complexity index is 379. The Hall–Kier alpha value is -1.51. The quantitative estimate of drug-likeness (QED) is 0.414. The zero-order valence-corrected chi connectivity index (χ0v) is 13.3. The van der Waals surface area contributed by atoms with Crippen LogP contribution in [0.2, 0.25) is 0 Å². The van der Waals surface area contributed by atoms with Crippen molar-refractivity contribution in [3.05, 3.63) is 29.8 Å². The lowest BCUT2D eigenvalue weighted by Gasteiger charge is -2.11. The summed E-state index contributed by atoms with van der Waals surface area (Å²) in [6.07, 6.45) is 10.6. The molecule has 0 bridgehead atoms. The van der Waals surface area contributed by atoms with Crippen LogP contribution < -0.4 is 5.32 Å². The highest BCUT2D eigenvalue weighted by Crippen LogP contribution is 2.16. The van der Waals surface area contributed by atoms with Crippen LogP contribution in [0.5, 0.6) is 0 Å². The molecule has 0 saturated heterocycles. The van der Waals surface area contributed by atoms with Crippen LogP contribution in [0.25, 0.3) is 0 Å². The Labute approximate surface area is 129 Å². The molecule has 0 fully saturated rings. The van der Waals surface area contributed by atoms with Gasteiger partial charge in [0.25, 0.3) is 6.47 Å². The minimum absolute atomic E-state index is 0.337. The van der Waals surface area contributed by atoms with Gasteiger partial charge in [-0.1, -0.05) is 70.1 Å². The number of anilines is 1. The summed E-state index contributed by atoms with van der Waals surface area (Å²) in [6.45, 7) is 4.07. The average Bonchev–Trinajstić information content (AvgIpc) is 2.52. The second-order valence-corrected chi connectivity index (χ2v) is 5.47. The molecular weight excluding hydrogens is 262 g/mol. The zero-order chi connectivity index (χ0) is 15.2. The molecule has 0 heterocycles. The van der Waals surface area contributed by atoms with Gasteiger partial charge in [0, 0.05) is 17.8 Å². The Morgan fingerprint density at radius 2 is 1.67 bits per heavy atom. The molecule has 0 aromatic heterocycles. The number of rotatable bonds is 13. The first-order valence-corrected chi connectivity index (χ1v) is 8.25. The molecule has 118 valence electrons. The van der Waals surface area contributed by atoms with E-state index in [2.05, 4.69) is 12.2 Å². The van der Waals surface area contributed by atoms with Crippen LogP contribution in [-0.2, 0) is 16.1 Å². The number of hydrogen-bond donors (Lipinski definition) is 1. The van der Waals surface area contributed by atoms with Gasteiger partial charge in [0.2, 0.25) is 0 Å². The Kier molecular flexibility index (Phi) is 10.2. The van der Waals surface area contributed by atoms with E-state index in [4.69, 9.17) is 4.74 Å². The monoisotopic (exact) mass is 291 g/mol. The predicted octanol–water partition coefficient (Wildman–Crippen LogP) is 4.91. The van der Waals surface area contributed by atoms with Gasteiger partial charge in [-0.3, -0.25) is 4.79 Å². The zero-order valence-electron chi connectivity index (χ0n) is 13.3. The molecule has 1 rings (SSSR count). The summed E-state index contributed by atoms with van der Waals surface area (Å²) >= 11 is 0. The Balaban J connectivity index is 2.11. The van der Waals surface area contributed by atoms with Crippen LogP contribution in [0.4, 0.5) is 5.69 Å². The fourth-order valence-electron chi connectivity index (χ4n) is 2.42. The van der Waals surface area contributed by atoms with Crippen molar-refractivity contribution < 1.29 is 9.53 Å². The smallest absolute Gasteiger partial charge is 0.293 e. The number of benzene rings is 1. The Morgan fingerprint density at radius 3 is 2.38 bits per heavy atom. The van der Waals surface area contributed by atoms with Gasteiger partial charge in [-0.05, 0) is 12.5 Å². The normalized spacial score (nSPS) is 10.3. The van der Waals surface area contributed by atoms with Gasteiger partial charge in [-0.15, -0.1) is 0 Å². The van der Waals surface area contributed by atoms with E-state index >= 15 is 0 Å². The van der Waals surface area contributed by atoms with Crippen LogP contribution in [0.15, 0.2) is 24.3 Å². The molecule has 3 nitrogen and oxygen atoms in total. The van der Waals surface area contributed by atoms with Gasteiger partial charge in [-0.2, -0.15) is 0 Å². The molecule has 0 aliphatic heterocycles. The second-order valence-electron chi connectivity index (χ2n) is 5.47. The Morgan fingerprint density at radius 1 is 1.00 bits per heavy atom. The maximum absolute atomic E-state index is 10.3. The summed E-state index contributed by atoms with van der Waals surface area (Å²) in [5.74, 6) is 0. The summed E-state index contributed by atoms with van der Waals surface area (Å²) < 4.78 is 4.83. The van der Waals surface area contributed by atoms with E-state index in [1.807, 2.05) is 24.3 Å². The average molecular weight is 291 g/mol. The lowest BCUT2D eigenvalue weighted by molar-refractivity contribution is -0.129. The molecule has 3 heteroatoms. The molecule has 1 N–H and O–H groups in total. The van der Waals surface area contributed by atoms with Crippen LogP contribution in [0.1, 0.15) is 63.9 Å². The first-order valence-electron chi connectivity index (χ1n) is 8.25. The molecule has 1 aromatic rings. The summed E-state index contributed by atoms with van der Waals surface area (Å²) in [5, 5.41) is 3.44. The molecule has 0 spiro atoms. The number of carbonyl (C=O) groups excluding carboxylic acids is 1. The molecule has 0 aliphatic rings. The molecule has 0 aliphatic carbocycles. The minimum atomic E-state index is 0.337. The van der Waals surface area contributed by atoms with Gasteiger partial charge in [0.05, 0.1) is 0 Å². The van der Waals surface area contributed by atoms with Crippen molar-refractivity contribution in [1.82, 2.24) is 0 Å². The number of hydrogen-bond acceptors (Lipinski definition) is 3. The fourth-order valence-corrected chi connectivity index (χ4v) is 2.42. The first-order chi connectivity index (χ1) is 10.4. The van der Waals surface area contributed by atoms with Crippen molar-refractivity contribution in [2.45, 2.75) is 64.9 Å². The summed E-state index contributed by atoms with van der Waals surface area (Å²) in [6, 6.07) is 7.99. The number of ether oxygens (including phenoxy) is 1. The molecule has 0 atom stereocenters. The maximum atomic E-state index is 10.3. The van der Waals surface area contributed by atoms with Gasteiger partial charge < -0.3 is 10.1 Å².